The van der Waals surface area contributed by atoms with Gasteiger partial charge in [-0.2, -0.15) is 5.10 Å². The van der Waals surface area contributed by atoms with E-state index in [2.05, 4.69) is 37.1 Å². The zero-order valence-electron chi connectivity index (χ0n) is 13.6. The van der Waals surface area contributed by atoms with Crippen molar-refractivity contribution >= 4 is 10.8 Å². The topological polar surface area (TPSA) is 47.3 Å². The molecule has 120 valence electrons. The fourth-order valence-electron chi connectivity index (χ4n) is 2.90. The Balaban J connectivity index is 2.07. The van der Waals surface area contributed by atoms with Gasteiger partial charge in [-0.1, -0.05) is 50.2 Å². The number of hydrogen-bond donors (Lipinski definition) is 1. The predicted molar refractivity (Wildman–Crippen MR) is 92.1 cm³/mol. The van der Waals surface area contributed by atoms with Gasteiger partial charge in [0.25, 0.3) is 0 Å². The lowest BCUT2D eigenvalue weighted by Crippen LogP contribution is -2.08. The van der Waals surface area contributed by atoms with Gasteiger partial charge in [0, 0.05) is 5.39 Å². The molecule has 23 heavy (non-hydrogen) atoms. The Kier molecular flexibility index (Phi) is 4.63. The number of aliphatic hydroxyl groups is 1. The molecular formula is C19H22N2O2. The largest absolute Gasteiger partial charge is 0.453 e. The van der Waals surface area contributed by atoms with Crippen molar-refractivity contribution in [1.82, 2.24) is 9.78 Å². The second-order valence-electron chi connectivity index (χ2n) is 5.46. The van der Waals surface area contributed by atoms with Crippen LogP contribution in [0.1, 0.15) is 25.2 Å². The van der Waals surface area contributed by atoms with Gasteiger partial charge in [0.2, 0.25) is 0 Å². The summed E-state index contributed by atoms with van der Waals surface area (Å²) in [6.45, 7) is 4.72. The van der Waals surface area contributed by atoms with E-state index in [4.69, 9.17) is 4.74 Å². The number of aromatic nitrogens is 2. The van der Waals surface area contributed by atoms with Crippen LogP contribution in [0.4, 0.5) is 0 Å². The molecule has 1 heterocycles. The Morgan fingerprint density at radius 3 is 2.57 bits per heavy atom. The molecule has 2 aromatic carbocycles. The van der Waals surface area contributed by atoms with Gasteiger partial charge in [0.05, 0.1) is 18.8 Å². The molecular weight excluding hydrogens is 288 g/mol. The molecule has 0 unspecified atom stereocenters. The molecule has 0 aliphatic carbocycles. The average Bonchev–Trinajstić information content (AvgIpc) is 2.92. The van der Waals surface area contributed by atoms with Gasteiger partial charge in [-0.25, -0.2) is 0 Å². The maximum Gasteiger partial charge on any atom is 0.171 e. The number of ether oxygens (including phenoxy) is 1. The van der Waals surface area contributed by atoms with Crippen LogP contribution in [0.3, 0.4) is 0 Å². The van der Waals surface area contributed by atoms with Gasteiger partial charge in [-0.3, -0.25) is 4.68 Å². The molecule has 1 N–H and O–H groups in total. The van der Waals surface area contributed by atoms with Crippen molar-refractivity contribution in [3.05, 3.63) is 53.9 Å². The minimum atomic E-state index is 0.0749. The lowest BCUT2D eigenvalue weighted by Gasteiger charge is -2.11. The summed E-state index contributed by atoms with van der Waals surface area (Å²) in [5, 5.41) is 16.1. The lowest BCUT2D eigenvalue weighted by molar-refractivity contribution is 0.267. The van der Waals surface area contributed by atoms with E-state index in [0.717, 1.165) is 46.5 Å². The van der Waals surface area contributed by atoms with E-state index in [0.29, 0.717) is 6.54 Å². The maximum absolute atomic E-state index is 9.24. The normalized spacial score (nSPS) is 11.1. The van der Waals surface area contributed by atoms with Gasteiger partial charge < -0.3 is 9.84 Å². The van der Waals surface area contributed by atoms with Crippen molar-refractivity contribution in [2.24, 2.45) is 0 Å². The highest BCUT2D eigenvalue weighted by molar-refractivity contribution is 5.88. The van der Waals surface area contributed by atoms with E-state index in [1.165, 1.54) is 0 Å². The Labute approximate surface area is 136 Å². The molecule has 0 spiro atoms. The minimum absolute atomic E-state index is 0.0749. The number of nitrogens with zero attached hydrogens (tertiary/aromatic N) is 2. The van der Waals surface area contributed by atoms with E-state index in [1.54, 1.807) is 0 Å². The number of aryl methyl sites for hydroxylation is 1. The highest BCUT2D eigenvalue weighted by atomic mass is 16.5. The molecule has 0 radical (unpaired) electrons. The summed E-state index contributed by atoms with van der Waals surface area (Å²) >= 11 is 0. The number of rotatable bonds is 6. The van der Waals surface area contributed by atoms with Crippen LogP contribution in [0.25, 0.3) is 10.8 Å². The van der Waals surface area contributed by atoms with E-state index >= 15 is 0 Å². The first-order valence-electron chi connectivity index (χ1n) is 8.13. The molecule has 3 rings (SSSR count). The highest BCUT2D eigenvalue weighted by Crippen LogP contribution is 2.34. The Bertz CT molecular complexity index is 803. The van der Waals surface area contributed by atoms with Crippen LogP contribution in [-0.2, 0) is 19.4 Å². The van der Waals surface area contributed by atoms with Gasteiger partial charge in [0.15, 0.2) is 5.75 Å². The zero-order chi connectivity index (χ0) is 16.2. The van der Waals surface area contributed by atoms with Crippen LogP contribution in [0.15, 0.2) is 42.5 Å². The summed E-state index contributed by atoms with van der Waals surface area (Å²) in [4.78, 5) is 0. The molecule has 0 saturated heterocycles. The van der Waals surface area contributed by atoms with Crippen molar-refractivity contribution < 1.29 is 9.84 Å². The van der Waals surface area contributed by atoms with E-state index in [1.807, 2.05) is 28.9 Å². The summed E-state index contributed by atoms with van der Waals surface area (Å²) in [6.07, 6.45) is 1.61. The molecule has 0 saturated carbocycles. The maximum atomic E-state index is 9.24. The zero-order valence-corrected chi connectivity index (χ0v) is 13.6. The number of benzene rings is 2. The van der Waals surface area contributed by atoms with Crippen LogP contribution >= 0.6 is 0 Å². The fraction of sp³-hybridized carbons (Fsp3) is 0.316. The Morgan fingerprint density at radius 1 is 1.04 bits per heavy atom. The molecule has 4 heteroatoms. The number of hydrogen-bond acceptors (Lipinski definition) is 3. The lowest BCUT2D eigenvalue weighted by atomic mass is 10.1. The molecule has 0 amide bonds. The molecule has 1 aromatic heterocycles. The summed E-state index contributed by atoms with van der Waals surface area (Å²) in [6, 6.07) is 14.3. The predicted octanol–water partition coefficient (Wildman–Crippen LogP) is 3.95. The van der Waals surface area contributed by atoms with E-state index < -0.39 is 0 Å². The average molecular weight is 310 g/mol. The van der Waals surface area contributed by atoms with Crippen LogP contribution < -0.4 is 4.74 Å². The summed E-state index contributed by atoms with van der Waals surface area (Å²) in [7, 11) is 0. The van der Waals surface area contributed by atoms with Crippen molar-refractivity contribution in [2.45, 2.75) is 33.2 Å². The monoisotopic (exact) mass is 310 g/mol. The van der Waals surface area contributed by atoms with Crippen molar-refractivity contribution in [1.29, 1.82) is 0 Å². The Morgan fingerprint density at radius 2 is 1.83 bits per heavy atom. The standard InChI is InChI=1S/C19H22N2O2/c1-3-16-19(17(4-2)21(20-16)12-13-22)23-18-11-7-9-14-8-5-6-10-15(14)18/h5-11,22H,3-4,12-13H2,1-2H3. The highest BCUT2D eigenvalue weighted by Gasteiger charge is 2.18. The SMILES string of the molecule is CCc1nn(CCO)c(CC)c1Oc1cccc2ccccc12. The van der Waals surface area contributed by atoms with Crippen molar-refractivity contribution in [3.8, 4) is 11.5 Å². The quantitative estimate of drug-likeness (QED) is 0.750. The summed E-state index contributed by atoms with van der Waals surface area (Å²) in [5.41, 5.74) is 1.96. The van der Waals surface area contributed by atoms with Gasteiger partial charge in [0.1, 0.15) is 11.4 Å². The van der Waals surface area contributed by atoms with Crippen molar-refractivity contribution in [2.75, 3.05) is 6.61 Å². The van der Waals surface area contributed by atoms with Gasteiger partial charge >= 0.3 is 0 Å². The smallest absolute Gasteiger partial charge is 0.171 e. The second kappa shape index (κ2) is 6.84. The Hall–Kier alpha value is -2.33. The third-order valence-electron chi connectivity index (χ3n) is 4.02. The summed E-state index contributed by atoms with van der Waals surface area (Å²) in [5.74, 6) is 1.68. The molecule has 0 atom stereocenters. The van der Waals surface area contributed by atoms with Crippen LogP contribution in [0, 0.1) is 0 Å². The van der Waals surface area contributed by atoms with E-state index in [9.17, 15) is 5.11 Å². The van der Waals surface area contributed by atoms with Crippen LogP contribution in [-0.4, -0.2) is 21.5 Å². The first-order chi connectivity index (χ1) is 11.3. The minimum Gasteiger partial charge on any atom is -0.453 e. The molecule has 3 aromatic rings. The first kappa shape index (κ1) is 15.6. The number of aliphatic hydroxyl groups excluding tert-OH is 1. The first-order valence-corrected chi connectivity index (χ1v) is 8.13. The second-order valence-corrected chi connectivity index (χ2v) is 5.46. The molecule has 0 aliphatic rings. The molecule has 0 bridgehead atoms. The van der Waals surface area contributed by atoms with Crippen LogP contribution in [0.5, 0.6) is 11.5 Å². The number of fused-ring (bicyclic) bond motifs is 1. The van der Waals surface area contributed by atoms with Gasteiger partial charge in [-0.05, 0) is 24.3 Å². The third kappa shape index (κ3) is 2.94. The van der Waals surface area contributed by atoms with Crippen molar-refractivity contribution in [3.63, 3.8) is 0 Å². The fourth-order valence-corrected chi connectivity index (χ4v) is 2.90. The molecule has 0 aliphatic heterocycles. The third-order valence-corrected chi connectivity index (χ3v) is 4.02. The van der Waals surface area contributed by atoms with Gasteiger partial charge in [-0.15, -0.1) is 0 Å². The summed E-state index contributed by atoms with van der Waals surface area (Å²) < 4.78 is 8.16. The van der Waals surface area contributed by atoms with E-state index in [-0.39, 0.29) is 6.61 Å². The molecule has 4 nitrogen and oxygen atoms in total. The molecule has 0 fully saturated rings. The van der Waals surface area contributed by atoms with Crippen LogP contribution in [0.2, 0.25) is 0 Å².